The lowest BCUT2D eigenvalue weighted by atomic mass is 10.0. The molecular formula is C18H26N2O5S. The number of benzene rings is 1. The van der Waals surface area contributed by atoms with E-state index in [-0.39, 0.29) is 23.1 Å². The Labute approximate surface area is 154 Å². The molecule has 1 atom stereocenters. The number of hydrogen-bond donors (Lipinski definition) is 2. The Hall–Kier alpha value is -1.93. The SMILES string of the molecule is CC(C)[C@H](NC(=O)CCc1ccc(S(=O)(=O)N2CCCC2)cc1)C(=O)O. The Morgan fingerprint density at radius 2 is 1.73 bits per heavy atom. The molecular weight excluding hydrogens is 356 g/mol. The first-order valence-electron chi connectivity index (χ1n) is 8.83. The highest BCUT2D eigenvalue weighted by Gasteiger charge is 2.27. The maximum absolute atomic E-state index is 12.5. The number of carboxylic acid groups (broad SMARTS) is 1. The van der Waals surface area contributed by atoms with Crippen molar-refractivity contribution in [2.24, 2.45) is 5.92 Å². The van der Waals surface area contributed by atoms with Crippen LogP contribution in [0.3, 0.4) is 0 Å². The average Bonchev–Trinajstić information content (AvgIpc) is 3.13. The first kappa shape index (κ1) is 20.4. The Balaban J connectivity index is 1.93. The summed E-state index contributed by atoms with van der Waals surface area (Å²) in [5.74, 6) is -1.59. The molecule has 1 saturated heterocycles. The molecule has 1 amide bonds. The van der Waals surface area contributed by atoms with Crippen molar-refractivity contribution in [1.29, 1.82) is 0 Å². The summed E-state index contributed by atoms with van der Waals surface area (Å²) in [6.07, 6.45) is 2.34. The van der Waals surface area contributed by atoms with Crippen molar-refractivity contribution in [1.82, 2.24) is 9.62 Å². The van der Waals surface area contributed by atoms with E-state index in [0.29, 0.717) is 19.5 Å². The van der Waals surface area contributed by atoms with Gasteiger partial charge in [0.15, 0.2) is 0 Å². The molecule has 1 heterocycles. The van der Waals surface area contributed by atoms with Crippen LogP contribution in [-0.4, -0.2) is 48.8 Å². The molecule has 1 aliphatic rings. The van der Waals surface area contributed by atoms with Gasteiger partial charge in [0.25, 0.3) is 0 Å². The Morgan fingerprint density at radius 1 is 1.15 bits per heavy atom. The van der Waals surface area contributed by atoms with E-state index in [1.807, 2.05) is 0 Å². The largest absolute Gasteiger partial charge is 0.480 e. The summed E-state index contributed by atoms with van der Waals surface area (Å²) in [6.45, 7) is 4.59. The summed E-state index contributed by atoms with van der Waals surface area (Å²) >= 11 is 0. The normalized spacial score (nSPS) is 16.6. The predicted octanol–water partition coefficient (Wildman–Crippen LogP) is 1.63. The number of sulfonamides is 1. The fraction of sp³-hybridized carbons (Fsp3) is 0.556. The van der Waals surface area contributed by atoms with Gasteiger partial charge in [-0.05, 0) is 42.9 Å². The van der Waals surface area contributed by atoms with E-state index >= 15 is 0 Å². The second kappa shape index (κ2) is 8.64. The molecule has 0 saturated carbocycles. The molecule has 7 nitrogen and oxygen atoms in total. The van der Waals surface area contributed by atoms with Crippen LogP contribution in [0.1, 0.15) is 38.7 Å². The molecule has 2 N–H and O–H groups in total. The number of amides is 1. The van der Waals surface area contributed by atoms with Gasteiger partial charge in [0.05, 0.1) is 4.90 Å². The van der Waals surface area contributed by atoms with Gasteiger partial charge in [-0.25, -0.2) is 13.2 Å². The fourth-order valence-corrected chi connectivity index (χ4v) is 4.44. The van der Waals surface area contributed by atoms with E-state index < -0.39 is 22.0 Å². The molecule has 1 fully saturated rings. The first-order valence-corrected chi connectivity index (χ1v) is 10.3. The van der Waals surface area contributed by atoms with Crippen LogP contribution in [0.15, 0.2) is 29.2 Å². The highest BCUT2D eigenvalue weighted by Crippen LogP contribution is 2.21. The molecule has 0 bridgehead atoms. The quantitative estimate of drug-likeness (QED) is 0.711. The van der Waals surface area contributed by atoms with Gasteiger partial charge in [0.1, 0.15) is 6.04 Å². The standard InChI is InChI=1S/C18H26N2O5S/c1-13(2)17(18(22)23)19-16(21)10-7-14-5-8-15(9-6-14)26(24,25)20-11-3-4-12-20/h5-6,8-9,13,17H,3-4,7,10-12H2,1-2H3,(H,19,21)(H,22,23)/t17-/m0/s1. The molecule has 1 aliphatic heterocycles. The molecule has 0 aromatic heterocycles. The van der Waals surface area contributed by atoms with Crippen LogP contribution in [0, 0.1) is 5.92 Å². The third kappa shape index (κ3) is 5.04. The summed E-state index contributed by atoms with van der Waals surface area (Å²) in [6, 6.07) is 5.63. The Morgan fingerprint density at radius 3 is 2.23 bits per heavy atom. The zero-order valence-electron chi connectivity index (χ0n) is 15.1. The van der Waals surface area contributed by atoms with Crippen LogP contribution in [-0.2, 0) is 26.0 Å². The number of nitrogens with one attached hydrogen (secondary N) is 1. The predicted molar refractivity (Wildman–Crippen MR) is 97.2 cm³/mol. The topological polar surface area (TPSA) is 104 Å². The lowest BCUT2D eigenvalue weighted by Crippen LogP contribution is -2.44. The van der Waals surface area contributed by atoms with Crippen molar-refractivity contribution in [3.05, 3.63) is 29.8 Å². The second-order valence-corrected chi connectivity index (χ2v) is 8.82. The molecule has 0 spiro atoms. The van der Waals surface area contributed by atoms with E-state index in [1.54, 1.807) is 38.1 Å². The summed E-state index contributed by atoms with van der Waals surface area (Å²) in [5.41, 5.74) is 0.831. The monoisotopic (exact) mass is 382 g/mol. The number of nitrogens with zero attached hydrogens (tertiary/aromatic N) is 1. The third-order valence-corrected chi connectivity index (χ3v) is 6.43. The van der Waals surface area contributed by atoms with Gasteiger partial charge >= 0.3 is 5.97 Å². The maximum atomic E-state index is 12.5. The van der Waals surface area contributed by atoms with Crippen molar-refractivity contribution >= 4 is 21.9 Å². The summed E-state index contributed by atoms with van der Waals surface area (Å²) in [5, 5.41) is 11.6. The Kier molecular flexibility index (Phi) is 6.77. The van der Waals surface area contributed by atoms with Crippen molar-refractivity contribution < 1.29 is 23.1 Å². The minimum absolute atomic E-state index is 0.148. The lowest BCUT2D eigenvalue weighted by Gasteiger charge is -2.18. The summed E-state index contributed by atoms with van der Waals surface area (Å²) < 4.78 is 26.4. The lowest BCUT2D eigenvalue weighted by molar-refractivity contribution is -0.143. The van der Waals surface area contributed by atoms with Crippen molar-refractivity contribution in [3.8, 4) is 0 Å². The van der Waals surface area contributed by atoms with Gasteiger partial charge in [-0.15, -0.1) is 0 Å². The van der Waals surface area contributed by atoms with Crippen molar-refractivity contribution in [3.63, 3.8) is 0 Å². The van der Waals surface area contributed by atoms with E-state index in [4.69, 9.17) is 5.11 Å². The molecule has 0 aliphatic carbocycles. The summed E-state index contributed by atoms with van der Waals surface area (Å²) in [4.78, 5) is 23.3. The van der Waals surface area contributed by atoms with Gasteiger partial charge in [0, 0.05) is 19.5 Å². The molecule has 1 aromatic carbocycles. The minimum atomic E-state index is -3.43. The molecule has 8 heteroatoms. The average molecular weight is 382 g/mol. The van der Waals surface area contributed by atoms with E-state index in [2.05, 4.69) is 5.32 Å². The number of carbonyl (C=O) groups excluding carboxylic acids is 1. The van der Waals surface area contributed by atoms with Gasteiger partial charge in [0.2, 0.25) is 15.9 Å². The highest BCUT2D eigenvalue weighted by atomic mass is 32.2. The van der Waals surface area contributed by atoms with Crippen molar-refractivity contribution in [2.75, 3.05) is 13.1 Å². The molecule has 0 radical (unpaired) electrons. The zero-order valence-corrected chi connectivity index (χ0v) is 16.0. The fourth-order valence-electron chi connectivity index (χ4n) is 2.92. The van der Waals surface area contributed by atoms with Gasteiger partial charge in [-0.3, -0.25) is 4.79 Å². The van der Waals surface area contributed by atoms with Crippen LogP contribution in [0.2, 0.25) is 0 Å². The molecule has 26 heavy (non-hydrogen) atoms. The molecule has 144 valence electrons. The van der Waals surface area contributed by atoms with Gasteiger partial charge in [-0.2, -0.15) is 4.31 Å². The van der Waals surface area contributed by atoms with E-state index in [1.165, 1.54) is 4.31 Å². The number of hydrogen-bond acceptors (Lipinski definition) is 4. The number of carboxylic acids is 1. The van der Waals surface area contributed by atoms with Gasteiger partial charge in [-0.1, -0.05) is 26.0 Å². The number of carbonyl (C=O) groups is 2. The second-order valence-electron chi connectivity index (χ2n) is 6.88. The van der Waals surface area contributed by atoms with Crippen LogP contribution in [0.25, 0.3) is 0 Å². The highest BCUT2D eigenvalue weighted by molar-refractivity contribution is 7.89. The molecule has 0 unspecified atom stereocenters. The number of aliphatic carboxylic acids is 1. The first-order chi connectivity index (χ1) is 12.2. The molecule has 2 rings (SSSR count). The smallest absolute Gasteiger partial charge is 0.326 e. The van der Waals surface area contributed by atoms with E-state index in [0.717, 1.165) is 18.4 Å². The van der Waals surface area contributed by atoms with Crippen LogP contribution in [0.4, 0.5) is 0 Å². The number of rotatable bonds is 8. The van der Waals surface area contributed by atoms with Crippen LogP contribution < -0.4 is 5.32 Å². The van der Waals surface area contributed by atoms with Crippen LogP contribution in [0.5, 0.6) is 0 Å². The van der Waals surface area contributed by atoms with Crippen LogP contribution >= 0.6 is 0 Å². The zero-order chi connectivity index (χ0) is 19.3. The maximum Gasteiger partial charge on any atom is 0.326 e. The van der Waals surface area contributed by atoms with E-state index in [9.17, 15) is 18.0 Å². The summed E-state index contributed by atoms with van der Waals surface area (Å²) in [7, 11) is -3.43. The minimum Gasteiger partial charge on any atom is -0.480 e. The van der Waals surface area contributed by atoms with Gasteiger partial charge < -0.3 is 10.4 Å². The van der Waals surface area contributed by atoms with Crippen molar-refractivity contribution in [2.45, 2.75) is 50.5 Å². The third-order valence-electron chi connectivity index (χ3n) is 4.52. The number of aryl methyl sites for hydroxylation is 1. The Bertz CT molecular complexity index is 737. The molecule has 1 aromatic rings.